The molecule has 0 radical (unpaired) electrons. The molecule has 0 amide bonds. The Kier molecular flexibility index (Phi) is 9.85. The average Bonchev–Trinajstić information content (AvgIpc) is 2.93. The summed E-state index contributed by atoms with van der Waals surface area (Å²) in [6.45, 7) is -0.836. The SMILES string of the molecule is CS(=O)(=O)OC[C@@H](OC(=O)c1ccccc1)[C@@H](OC(=O)c1ccccc1)[C@@H](C=O)OC(=O)c1ccccc1. The van der Waals surface area contributed by atoms with Crippen molar-refractivity contribution in [3.8, 4) is 0 Å². The molecule has 3 atom stereocenters. The lowest BCUT2D eigenvalue weighted by Gasteiger charge is -2.30. The molecule has 0 aliphatic carbocycles. The summed E-state index contributed by atoms with van der Waals surface area (Å²) in [5, 5.41) is 0. The van der Waals surface area contributed by atoms with Crippen LogP contribution in [0.15, 0.2) is 91.0 Å². The third kappa shape index (κ3) is 8.36. The van der Waals surface area contributed by atoms with Gasteiger partial charge in [0.2, 0.25) is 0 Å². The summed E-state index contributed by atoms with van der Waals surface area (Å²) in [6.07, 6.45) is -4.30. The van der Waals surface area contributed by atoms with Gasteiger partial charge in [-0.2, -0.15) is 8.42 Å². The van der Waals surface area contributed by atoms with E-state index in [1.54, 1.807) is 54.6 Å². The van der Waals surface area contributed by atoms with E-state index in [9.17, 15) is 27.6 Å². The average molecular weight is 541 g/mol. The Balaban J connectivity index is 1.97. The van der Waals surface area contributed by atoms with E-state index in [0.29, 0.717) is 0 Å². The van der Waals surface area contributed by atoms with Crippen molar-refractivity contribution in [3.63, 3.8) is 0 Å². The van der Waals surface area contributed by atoms with E-state index >= 15 is 0 Å². The van der Waals surface area contributed by atoms with E-state index in [2.05, 4.69) is 0 Å². The zero-order valence-corrected chi connectivity index (χ0v) is 21.0. The van der Waals surface area contributed by atoms with Crippen molar-refractivity contribution in [1.82, 2.24) is 0 Å². The van der Waals surface area contributed by atoms with Gasteiger partial charge in [-0.05, 0) is 36.4 Å². The third-order valence-corrected chi connectivity index (χ3v) is 5.61. The number of hydrogen-bond donors (Lipinski definition) is 0. The summed E-state index contributed by atoms with van der Waals surface area (Å²) in [5.74, 6) is -2.80. The highest BCUT2D eigenvalue weighted by molar-refractivity contribution is 7.85. The topological polar surface area (TPSA) is 139 Å². The minimum absolute atomic E-state index is 0.0775. The summed E-state index contributed by atoms with van der Waals surface area (Å²) in [6, 6.07) is 23.0. The van der Waals surface area contributed by atoms with Crippen molar-refractivity contribution in [2.75, 3.05) is 12.9 Å². The van der Waals surface area contributed by atoms with Crippen molar-refractivity contribution >= 4 is 34.3 Å². The maximum absolute atomic E-state index is 12.9. The van der Waals surface area contributed by atoms with Crippen LogP contribution < -0.4 is 0 Å². The van der Waals surface area contributed by atoms with Crippen LogP contribution in [0.5, 0.6) is 0 Å². The van der Waals surface area contributed by atoms with Crippen LogP contribution in [0.25, 0.3) is 0 Å². The molecule has 10 nitrogen and oxygen atoms in total. The predicted octanol–water partition coefficient (Wildman–Crippen LogP) is 2.84. The fourth-order valence-corrected chi connectivity index (χ4v) is 3.61. The highest BCUT2D eigenvalue weighted by Gasteiger charge is 2.40. The molecule has 198 valence electrons. The van der Waals surface area contributed by atoms with Crippen LogP contribution in [-0.2, 0) is 33.3 Å². The molecule has 3 aromatic carbocycles. The van der Waals surface area contributed by atoms with Crippen molar-refractivity contribution < 1.29 is 46.0 Å². The van der Waals surface area contributed by atoms with Gasteiger partial charge in [0, 0.05) is 0 Å². The first-order valence-electron chi connectivity index (χ1n) is 11.3. The lowest BCUT2D eigenvalue weighted by atomic mass is 10.1. The first-order chi connectivity index (χ1) is 18.2. The maximum Gasteiger partial charge on any atom is 0.338 e. The van der Waals surface area contributed by atoms with Gasteiger partial charge < -0.3 is 14.2 Å². The largest absolute Gasteiger partial charge is 0.452 e. The molecule has 0 aliphatic heterocycles. The van der Waals surface area contributed by atoms with Gasteiger partial charge in [-0.3, -0.25) is 8.98 Å². The standard InChI is InChI=1S/C27H24O10S/c1-38(32,33)34-18-23(36-26(30)20-13-7-3-8-14-20)24(37-27(31)21-15-9-4-10-16-21)22(17-28)35-25(29)19-11-5-2-6-12-19/h2-17,22-24H,18H2,1H3/t22-,23-,24+/m1/s1. The fourth-order valence-electron chi connectivity index (χ4n) is 3.22. The Morgan fingerprint density at radius 3 is 1.47 bits per heavy atom. The molecule has 0 saturated heterocycles. The van der Waals surface area contributed by atoms with Gasteiger partial charge in [0.1, 0.15) is 6.61 Å². The molecule has 0 aliphatic rings. The van der Waals surface area contributed by atoms with Crippen LogP contribution in [0, 0.1) is 0 Å². The minimum atomic E-state index is -4.06. The molecule has 0 N–H and O–H groups in total. The van der Waals surface area contributed by atoms with E-state index in [0.717, 1.165) is 6.26 Å². The number of rotatable bonds is 12. The summed E-state index contributed by atoms with van der Waals surface area (Å²) in [4.78, 5) is 50.6. The van der Waals surface area contributed by atoms with E-state index in [1.807, 2.05) is 0 Å². The van der Waals surface area contributed by atoms with Crippen molar-refractivity contribution in [2.24, 2.45) is 0 Å². The Hall–Kier alpha value is -4.35. The smallest absolute Gasteiger partial charge is 0.338 e. The monoisotopic (exact) mass is 540 g/mol. The molecule has 0 heterocycles. The Bertz CT molecular complexity index is 1340. The molecule has 0 fully saturated rings. The van der Waals surface area contributed by atoms with Gasteiger partial charge in [-0.1, -0.05) is 54.6 Å². The molecule has 0 aromatic heterocycles. The summed E-state index contributed by atoms with van der Waals surface area (Å²) < 4.78 is 44.5. The first kappa shape index (κ1) is 28.2. The lowest BCUT2D eigenvalue weighted by Crippen LogP contribution is -2.48. The molecule has 11 heteroatoms. The third-order valence-electron chi connectivity index (χ3n) is 5.04. The number of carbonyl (C=O) groups is 4. The maximum atomic E-state index is 12.9. The van der Waals surface area contributed by atoms with Gasteiger partial charge in [-0.25, -0.2) is 14.4 Å². The summed E-state index contributed by atoms with van der Waals surface area (Å²) in [5.41, 5.74) is 0.264. The van der Waals surface area contributed by atoms with E-state index in [4.69, 9.17) is 18.4 Å². The van der Waals surface area contributed by atoms with Crippen LogP contribution in [0.1, 0.15) is 31.1 Å². The normalized spacial score (nSPS) is 13.4. The zero-order chi connectivity index (χ0) is 27.5. The van der Waals surface area contributed by atoms with Gasteiger partial charge in [0.25, 0.3) is 10.1 Å². The highest BCUT2D eigenvalue weighted by atomic mass is 32.2. The number of ether oxygens (including phenoxy) is 3. The van der Waals surface area contributed by atoms with E-state index in [1.165, 1.54) is 36.4 Å². The number of esters is 3. The van der Waals surface area contributed by atoms with Gasteiger partial charge in [-0.15, -0.1) is 0 Å². The van der Waals surface area contributed by atoms with Crippen LogP contribution in [0.4, 0.5) is 0 Å². The molecule has 0 bridgehead atoms. The van der Waals surface area contributed by atoms with Crippen LogP contribution in [-0.4, -0.2) is 63.8 Å². The molecular formula is C27H24O10S. The van der Waals surface area contributed by atoms with Crippen molar-refractivity contribution in [2.45, 2.75) is 18.3 Å². The van der Waals surface area contributed by atoms with Crippen molar-refractivity contribution in [1.29, 1.82) is 0 Å². The summed E-state index contributed by atoms with van der Waals surface area (Å²) >= 11 is 0. The molecule has 0 unspecified atom stereocenters. The van der Waals surface area contributed by atoms with Crippen LogP contribution >= 0.6 is 0 Å². The minimum Gasteiger partial charge on any atom is -0.452 e. The quantitative estimate of drug-likeness (QED) is 0.146. The Morgan fingerprint density at radius 1 is 0.684 bits per heavy atom. The lowest BCUT2D eigenvalue weighted by molar-refractivity contribution is -0.131. The van der Waals surface area contributed by atoms with Gasteiger partial charge in [0.15, 0.2) is 24.6 Å². The predicted molar refractivity (Wildman–Crippen MR) is 134 cm³/mol. The molecule has 3 rings (SSSR count). The molecule has 38 heavy (non-hydrogen) atoms. The Labute approximate surface area is 219 Å². The molecule has 3 aromatic rings. The fraction of sp³-hybridized carbons (Fsp3) is 0.185. The second-order valence-corrected chi connectivity index (χ2v) is 9.55. The number of benzene rings is 3. The number of carbonyl (C=O) groups excluding carboxylic acids is 4. The summed E-state index contributed by atoms with van der Waals surface area (Å²) in [7, 11) is -4.06. The van der Waals surface area contributed by atoms with Gasteiger partial charge >= 0.3 is 17.9 Å². The second kappa shape index (κ2) is 13.3. The molecule has 0 saturated carbocycles. The molecule has 0 spiro atoms. The van der Waals surface area contributed by atoms with E-state index in [-0.39, 0.29) is 23.0 Å². The molecular weight excluding hydrogens is 516 g/mol. The van der Waals surface area contributed by atoms with Crippen LogP contribution in [0.3, 0.4) is 0 Å². The second-order valence-electron chi connectivity index (χ2n) is 7.91. The van der Waals surface area contributed by atoms with E-state index < -0.39 is 52.9 Å². The first-order valence-corrected chi connectivity index (χ1v) is 13.1. The highest BCUT2D eigenvalue weighted by Crippen LogP contribution is 2.19. The Morgan fingerprint density at radius 2 is 1.08 bits per heavy atom. The zero-order valence-electron chi connectivity index (χ0n) is 20.2. The number of aldehydes is 1. The van der Waals surface area contributed by atoms with Gasteiger partial charge in [0.05, 0.1) is 22.9 Å². The van der Waals surface area contributed by atoms with Crippen LogP contribution in [0.2, 0.25) is 0 Å². The number of hydrogen-bond acceptors (Lipinski definition) is 10. The van der Waals surface area contributed by atoms with Crippen molar-refractivity contribution in [3.05, 3.63) is 108 Å².